The highest BCUT2D eigenvalue weighted by Crippen LogP contribution is 2.56. The number of benzene rings is 2. The number of allylic oxidation sites excluding steroid dienone is 2. The summed E-state index contributed by atoms with van der Waals surface area (Å²) >= 11 is 3.48. The molecule has 144 valence electrons. The molecule has 3 rings (SSSR count). The van der Waals surface area contributed by atoms with Crippen molar-refractivity contribution in [2.75, 3.05) is 4.90 Å². The molecule has 0 N–H and O–H groups in total. The SMILES string of the molecule is C=CCC(C#N)(C#N)C1(CC=C)C(=O)N(Cc2ccccc2)c2ccc(Br)cc21. The van der Waals surface area contributed by atoms with Gasteiger partial charge in [-0.25, -0.2) is 0 Å². The van der Waals surface area contributed by atoms with E-state index in [1.54, 1.807) is 11.0 Å². The number of halogens is 1. The average molecular weight is 446 g/mol. The van der Waals surface area contributed by atoms with E-state index < -0.39 is 10.8 Å². The number of nitrogens with zero attached hydrogens (tertiary/aromatic N) is 3. The Balaban J connectivity index is 2.30. The maximum Gasteiger partial charge on any atom is 0.241 e. The van der Waals surface area contributed by atoms with Crippen molar-refractivity contribution in [3.63, 3.8) is 0 Å². The van der Waals surface area contributed by atoms with E-state index in [0.29, 0.717) is 17.8 Å². The van der Waals surface area contributed by atoms with Crippen LogP contribution < -0.4 is 4.90 Å². The van der Waals surface area contributed by atoms with Crippen LogP contribution in [0.15, 0.2) is 78.3 Å². The van der Waals surface area contributed by atoms with E-state index in [1.807, 2.05) is 48.5 Å². The summed E-state index contributed by atoms with van der Waals surface area (Å²) in [5.74, 6) is -0.265. The molecule has 1 aliphatic rings. The molecule has 1 atom stereocenters. The zero-order valence-electron chi connectivity index (χ0n) is 15.9. The minimum Gasteiger partial charge on any atom is -0.307 e. The lowest BCUT2D eigenvalue weighted by molar-refractivity contribution is -0.125. The Morgan fingerprint density at radius 3 is 2.38 bits per heavy atom. The molecule has 0 aliphatic carbocycles. The van der Waals surface area contributed by atoms with E-state index in [-0.39, 0.29) is 18.7 Å². The lowest BCUT2D eigenvalue weighted by Gasteiger charge is -2.37. The number of hydrogen-bond donors (Lipinski definition) is 0. The van der Waals surface area contributed by atoms with E-state index >= 15 is 0 Å². The molecular weight excluding hydrogens is 426 g/mol. The van der Waals surface area contributed by atoms with Crippen molar-refractivity contribution >= 4 is 27.5 Å². The maximum atomic E-state index is 14.0. The fourth-order valence-electron chi connectivity index (χ4n) is 4.16. The van der Waals surface area contributed by atoms with Crippen LogP contribution in [0.25, 0.3) is 0 Å². The predicted molar refractivity (Wildman–Crippen MR) is 117 cm³/mol. The summed E-state index contributed by atoms with van der Waals surface area (Å²) in [6.07, 6.45) is 3.39. The smallest absolute Gasteiger partial charge is 0.241 e. The van der Waals surface area contributed by atoms with Crippen LogP contribution in [0, 0.1) is 28.1 Å². The fourth-order valence-corrected chi connectivity index (χ4v) is 4.52. The summed E-state index contributed by atoms with van der Waals surface area (Å²) in [7, 11) is 0. The normalized spacial score (nSPS) is 17.9. The second-order valence-corrected chi connectivity index (χ2v) is 7.97. The molecule has 0 radical (unpaired) electrons. The van der Waals surface area contributed by atoms with Crippen molar-refractivity contribution in [3.05, 3.63) is 89.4 Å². The number of carbonyl (C=O) groups excluding carboxylic acids is 1. The van der Waals surface area contributed by atoms with Crippen molar-refractivity contribution in [2.24, 2.45) is 5.41 Å². The minimum atomic E-state index is -1.60. The topological polar surface area (TPSA) is 67.9 Å². The maximum absolute atomic E-state index is 14.0. The number of anilines is 1. The third-order valence-electron chi connectivity index (χ3n) is 5.51. The van der Waals surface area contributed by atoms with Crippen molar-refractivity contribution in [1.82, 2.24) is 0 Å². The summed E-state index contributed by atoms with van der Waals surface area (Å²) in [6, 6.07) is 19.6. The molecule has 1 amide bonds. The quantitative estimate of drug-likeness (QED) is 0.534. The molecule has 1 aliphatic heterocycles. The van der Waals surface area contributed by atoms with Crippen LogP contribution in [0.2, 0.25) is 0 Å². The molecule has 0 fully saturated rings. The molecule has 4 nitrogen and oxygen atoms in total. The molecule has 29 heavy (non-hydrogen) atoms. The van der Waals surface area contributed by atoms with Gasteiger partial charge in [0.05, 0.1) is 18.7 Å². The van der Waals surface area contributed by atoms with Crippen LogP contribution in [0.1, 0.15) is 24.0 Å². The van der Waals surface area contributed by atoms with E-state index in [2.05, 4.69) is 41.2 Å². The Kier molecular flexibility index (Phi) is 5.73. The first kappa shape index (κ1) is 20.6. The third kappa shape index (κ3) is 3.09. The number of carbonyl (C=O) groups is 1. The summed E-state index contributed by atoms with van der Waals surface area (Å²) in [4.78, 5) is 15.6. The number of amides is 1. The van der Waals surface area contributed by atoms with Gasteiger partial charge in [-0.2, -0.15) is 10.5 Å². The molecule has 1 heterocycles. The van der Waals surface area contributed by atoms with Gasteiger partial charge < -0.3 is 4.90 Å². The van der Waals surface area contributed by atoms with Crippen molar-refractivity contribution < 1.29 is 4.79 Å². The van der Waals surface area contributed by atoms with Crippen LogP contribution in [0.5, 0.6) is 0 Å². The molecule has 1 unspecified atom stereocenters. The molecule has 2 aromatic carbocycles. The molecule has 0 bridgehead atoms. The first-order valence-corrected chi connectivity index (χ1v) is 9.99. The van der Waals surface area contributed by atoms with E-state index in [4.69, 9.17) is 0 Å². The van der Waals surface area contributed by atoms with Crippen molar-refractivity contribution in [1.29, 1.82) is 10.5 Å². The molecule has 0 aromatic heterocycles. The Hall–Kier alpha value is -3.15. The van der Waals surface area contributed by atoms with Gasteiger partial charge in [0, 0.05) is 10.2 Å². The van der Waals surface area contributed by atoms with Crippen LogP contribution in [0.3, 0.4) is 0 Å². The highest BCUT2D eigenvalue weighted by molar-refractivity contribution is 9.10. The molecule has 0 saturated heterocycles. The van der Waals surface area contributed by atoms with E-state index in [9.17, 15) is 15.3 Å². The van der Waals surface area contributed by atoms with Gasteiger partial charge >= 0.3 is 0 Å². The van der Waals surface area contributed by atoms with Gasteiger partial charge in [-0.15, -0.1) is 13.2 Å². The first-order chi connectivity index (χ1) is 14.0. The monoisotopic (exact) mass is 445 g/mol. The third-order valence-corrected chi connectivity index (χ3v) is 6.01. The highest BCUT2D eigenvalue weighted by atomic mass is 79.9. The zero-order chi connectivity index (χ0) is 21.1. The first-order valence-electron chi connectivity index (χ1n) is 9.20. The van der Waals surface area contributed by atoms with Crippen LogP contribution >= 0.6 is 15.9 Å². The second-order valence-electron chi connectivity index (χ2n) is 7.06. The Labute approximate surface area is 179 Å². The molecule has 2 aromatic rings. The zero-order valence-corrected chi connectivity index (χ0v) is 17.5. The summed E-state index contributed by atoms with van der Waals surface area (Å²) in [5.41, 5.74) is -0.616. The van der Waals surface area contributed by atoms with Gasteiger partial charge in [0.2, 0.25) is 5.91 Å². The van der Waals surface area contributed by atoms with Crippen molar-refractivity contribution in [2.45, 2.75) is 24.8 Å². The second kappa shape index (κ2) is 8.07. The van der Waals surface area contributed by atoms with Gasteiger partial charge in [0.15, 0.2) is 5.41 Å². The van der Waals surface area contributed by atoms with Gasteiger partial charge in [-0.05, 0) is 42.2 Å². The minimum absolute atomic E-state index is 0.0741. The van der Waals surface area contributed by atoms with Crippen LogP contribution in [0.4, 0.5) is 5.69 Å². The number of nitriles is 2. The lowest BCUT2D eigenvalue weighted by Crippen LogP contribution is -2.51. The standard InChI is InChI=1S/C24H20BrN3O/c1-3-12-23(16-26,17-27)24(13-4-2)20-14-19(25)10-11-21(20)28(22(24)29)15-18-8-6-5-7-9-18/h3-11,14H,1-2,12-13,15H2. The van der Waals surface area contributed by atoms with Crippen LogP contribution in [-0.2, 0) is 16.8 Å². The number of fused-ring (bicyclic) bond motifs is 1. The fraction of sp³-hybridized carbons (Fsp3) is 0.208. The summed E-state index contributed by atoms with van der Waals surface area (Å²) < 4.78 is 0.780. The largest absolute Gasteiger partial charge is 0.307 e. The van der Waals surface area contributed by atoms with E-state index in [1.165, 1.54) is 6.08 Å². The summed E-state index contributed by atoms with van der Waals surface area (Å²) in [5, 5.41) is 20.2. The molecule has 5 heteroatoms. The Bertz CT molecular complexity index is 1030. The lowest BCUT2D eigenvalue weighted by atomic mass is 9.58. The summed E-state index contributed by atoms with van der Waals surface area (Å²) in [6.45, 7) is 7.91. The Morgan fingerprint density at radius 1 is 1.10 bits per heavy atom. The molecular formula is C24H20BrN3O. The van der Waals surface area contributed by atoms with Gasteiger partial charge in [0.1, 0.15) is 5.41 Å². The van der Waals surface area contributed by atoms with Gasteiger partial charge in [-0.3, -0.25) is 4.79 Å². The van der Waals surface area contributed by atoms with Gasteiger partial charge in [0.25, 0.3) is 0 Å². The molecule has 0 spiro atoms. The average Bonchev–Trinajstić information content (AvgIpc) is 2.96. The predicted octanol–water partition coefficient (Wildman–Crippen LogP) is 5.42. The van der Waals surface area contributed by atoms with Crippen LogP contribution in [-0.4, -0.2) is 5.91 Å². The van der Waals surface area contributed by atoms with Crippen molar-refractivity contribution in [3.8, 4) is 12.1 Å². The number of hydrogen-bond acceptors (Lipinski definition) is 3. The highest BCUT2D eigenvalue weighted by Gasteiger charge is 2.63. The number of rotatable bonds is 7. The Morgan fingerprint density at radius 2 is 1.79 bits per heavy atom. The van der Waals surface area contributed by atoms with Gasteiger partial charge in [-0.1, -0.05) is 58.4 Å². The molecule has 0 saturated carbocycles. The van der Waals surface area contributed by atoms with E-state index in [0.717, 1.165) is 10.0 Å².